The van der Waals surface area contributed by atoms with E-state index in [-0.39, 0.29) is 11.6 Å². The molecule has 0 atom stereocenters. The van der Waals surface area contributed by atoms with Crippen molar-refractivity contribution in [1.29, 1.82) is 0 Å². The normalized spacial score (nSPS) is 10.6. The number of hydrogen-bond acceptors (Lipinski definition) is 3. The van der Waals surface area contributed by atoms with Gasteiger partial charge in [0.1, 0.15) is 5.75 Å². The van der Waals surface area contributed by atoms with Crippen molar-refractivity contribution in [2.45, 2.75) is 13.5 Å². The van der Waals surface area contributed by atoms with Crippen LogP contribution in [0.15, 0.2) is 42.5 Å². The Hall–Kier alpha value is -1.91. The van der Waals surface area contributed by atoms with Gasteiger partial charge in [0.05, 0.1) is 6.61 Å². The molecular weight excluding hydrogens is 269 g/mol. The Bertz CT molecular complexity index is 587. The summed E-state index contributed by atoms with van der Waals surface area (Å²) in [4.78, 5) is 0. The third-order valence-corrected chi connectivity index (χ3v) is 3.08. The van der Waals surface area contributed by atoms with Crippen molar-refractivity contribution in [3.05, 3.63) is 59.4 Å². The Balaban J connectivity index is 2.10. The molecule has 0 amide bonds. The van der Waals surface area contributed by atoms with E-state index in [1.165, 1.54) is 6.07 Å². The molecule has 4 heteroatoms. The SMILES string of the molecule is COCCNCc1ccccc1Oc1cc(C)ccc1F. The van der Waals surface area contributed by atoms with Crippen molar-refractivity contribution in [2.24, 2.45) is 0 Å². The second-order valence-corrected chi connectivity index (χ2v) is 4.81. The van der Waals surface area contributed by atoms with Crippen LogP contribution in [0.2, 0.25) is 0 Å². The minimum Gasteiger partial charge on any atom is -0.454 e. The van der Waals surface area contributed by atoms with Crippen molar-refractivity contribution in [1.82, 2.24) is 5.32 Å². The van der Waals surface area contributed by atoms with Gasteiger partial charge >= 0.3 is 0 Å². The largest absolute Gasteiger partial charge is 0.454 e. The number of aryl methyl sites for hydroxylation is 1. The van der Waals surface area contributed by atoms with Crippen LogP contribution >= 0.6 is 0 Å². The highest BCUT2D eigenvalue weighted by Crippen LogP contribution is 2.28. The minimum absolute atomic E-state index is 0.249. The summed E-state index contributed by atoms with van der Waals surface area (Å²) in [6.45, 7) is 3.96. The molecule has 2 aromatic carbocycles. The molecule has 0 radical (unpaired) electrons. The van der Waals surface area contributed by atoms with Crippen LogP contribution in [0.25, 0.3) is 0 Å². The fraction of sp³-hybridized carbons (Fsp3) is 0.294. The van der Waals surface area contributed by atoms with Crippen LogP contribution in [-0.4, -0.2) is 20.3 Å². The summed E-state index contributed by atoms with van der Waals surface area (Å²) in [6, 6.07) is 12.5. The van der Waals surface area contributed by atoms with Gasteiger partial charge in [-0.15, -0.1) is 0 Å². The van der Waals surface area contributed by atoms with E-state index < -0.39 is 0 Å². The molecule has 2 aromatic rings. The lowest BCUT2D eigenvalue weighted by Crippen LogP contribution is -2.18. The van der Waals surface area contributed by atoms with Crippen molar-refractivity contribution in [2.75, 3.05) is 20.3 Å². The van der Waals surface area contributed by atoms with Gasteiger partial charge in [0.2, 0.25) is 0 Å². The molecule has 112 valence electrons. The van der Waals surface area contributed by atoms with Crippen molar-refractivity contribution >= 4 is 0 Å². The molecule has 0 heterocycles. The molecule has 0 bridgehead atoms. The summed E-state index contributed by atoms with van der Waals surface area (Å²) in [7, 11) is 1.67. The zero-order chi connectivity index (χ0) is 15.1. The summed E-state index contributed by atoms with van der Waals surface area (Å²) in [5.74, 6) is 0.550. The maximum Gasteiger partial charge on any atom is 0.165 e. The standard InChI is InChI=1S/C17H20FNO2/c1-13-7-8-15(18)17(11-13)21-16-6-4-3-5-14(16)12-19-9-10-20-2/h3-8,11,19H,9-10,12H2,1-2H3. The van der Waals surface area contributed by atoms with E-state index in [4.69, 9.17) is 9.47 Å². The first-order valence-corrected chi connectivity index (χ1v) is 6.92. The summed E-state index contributed by atoms with van der Waals surface area (Å²) in [6.07, 6.45) is 0. The lowest BCUT2D eigenvalue weighted by atomic mass is 10.2. The van der Waals surface area contributed by atoms with Gasteiger partial charge in [-0.2, -0.15) is 0 Å². The van der Waals surface area contributed by atoms with Gasteiger partial charge in [-0.05, 0) is 30.7 Å². The molecule has 0 fully saturated rings. The quantitative estimate of drug-likeness (QED) is 0.789. The number of nitrogens with one attached hydrogen (secondary N) is 1. The maximum atomic E-state index is 13.8. The van der Waals surface area contributed by atoms with Crippen LogP contribution in [0.5, 0.6) is 11.5 Å². The van der Waals surface area contributed by atoms with Gasteiger partial charge < -0.3 is 14.8 Å². The molecule has 3 nitrogen and oxygen atoms in total. The lowest BCUT2D eigenvalue weighted by Gasteiger charge is -2.12. The van der Waals surface area contributed by atoms with E-state index in [0.717, 1.165) is 17.7 Å². The number of halogens is 1. The molecule has 0 aliphatic heterocycles. The van der Waals surface area contributed by atoms with Crippen LogP contribution in [0.1, 0.15) is 11.1 Å². The Morgan fingerprint density at radius 2 is 1.90 bits per heavy atom. The van der Waals surface area contributed by atoms with Crippen LogP contribution in [0.4, 0.5) is 4.39 Å². The third-order valence-electron chi connectivity index (χ3n) is 3.08. The van der Waals surface area contributed by atoms with Gasteiger partial charge in [0, 0.05) is 25.8 Å². The fourth-order valence-electron chi connectivity index (χ4n) is 1.95. The van der Waals surface area contributed by atoms with Crippen molar-refractivity contribution in [3.63, 3.8) is 0 Å². The summed E-state index contributed by atoms with van der Waals surface area (Å²) < 4.78 is 24.5. The molecule has 2 rings (SSSR count). The van der Waals surface area contributed by atoms with Gasteiger partial charge in [-0.25, -0.2) is 4.39 Å². The summed E-state index contributed by atoms with van der Waals surface area (Å²) in [5, 5.41) is 3.26. The zero-order valence-corrected chi connectivity index (χ0v) is 12.4. The molecule has 0 saturated carbocycles. The summed E-state index contributed by atoms with van der Waals surface area (Å²) >= 11 is 0. The molecule has 0 unspecified atom stereocenters. The molecule has 0 saturated heterocycles. The van der Waals surface area contributed by atoms with E-state index >= 15 is 0 Å². The van der Waals surface area contributed by atoms with E-state index in [0.29, 0.717) is 18.9 Å². The number of ether oxygens (including phenoxy) is 2. The van der Waals surface area contributed by atoms with Crippen LogP contribution < -0.4 is 10.1 Å². The first-order chi connectivity index (χ1) is 10.2. The lowest BCUT2D eigenvalue weighted by molar-refractivity contribution is 0.199. The van der Waals surface area contributed by atoms with E-state index in [9.17, 15) is 4.39 Å². The Labute approximate surface area is 124 Å². The highest BCUT2D eigenvalue weighted by atomic mass is 19.1. The highest BCUT2D eigenvalue weighted by molar-refractivity contribution is 5.39. The predicted octanol–water partition coefficient (Wildman–Crippen LogP) is 3.66. The van der Waals surface area contributed by atoms with E-state index in [2.05, 4.69) is 5.32 Å². The Morgan fingerprint density at radius 1 is 1.10 bits per heavy atom. The topological polar surface area (TPSA) is 30.5 Å². The van der Waals surface area contributed by atoms with Gasteiger partial charge in [0.15, 0.2) is 11.6 Å². The van der Waals surface area contributed by atoms with Gasteiger partial charge in [0.25, 0.3) is 0 Å². The number of methoxy groups -OCH3 is 1. The van der Waals surface area contributed by atoms with E-state index in [1.54, 1.807) is 19.2 Å². The highest BCUT2D eigenvalue weighted by Gasteiger charge is 2.08. The first kappa shape index (κ1) is 15.5. The molecule has 0 aromatic heterocycles. The molecule has 0 aliphatic rings. The number of hydrogen-bond donors (Lipinski definition) is 1. The van der Waals surface area contributed by atoms with Gasteiger partial charge in [-0.1, -0.05) is 24.3 Å². The van der Waals surface area contributed by atoms with Crippen molar-refractivity contribution < 1.29 is 13.9 Å². The summed E-state index contributed by atoms with van der Waals surface area (Å²) in [5.41, 5.74) is 1.94. The number of para-hydroxylation sites is 1. The van der Waals surface area contributed by atoms with E-state index in [1.807, 2.05) is 31.2 Å². The molecule has 0 spiro atoms. The minimum atomic E-state index is -0.359. The van der Waals surface area contributed by atoms with Crippen LogP contribution in [-0.2, 0) is 11.3 Å². The molecule has 21 heavy (non-hydrogen) atoms. The number of rotatable bonds is 7. The monoisotopic (exact) mass is 289 g/mol. The average Bonchev–Trinajstić information content (AvgIpc) is 2.49. The van der Waals surface area contributed by atoms with Crippen molar-refractivity contribution in [3.8, 4) is 11.5 Å². The smallest absolute Gasteiger partial charge is 0.165 e. The second kappa shape index (κ2) is 7.76. The maximum absolute atomic E-state index is 13.8. The zero-order valence-electron chi connectivity index (χ0n) is 12.4. The van der Waals surface area contributed by atoms with Gasteiger partial charge in [-0.3, -0.25) is 0 Å². The Kier molecular flexibility index (Phi) is 5.72. The number of benzene rings is 2. The first-order valence-electron chi connectivity index (χ1n) is 6.92. The molecule has 0 aliphatic carbocycles. The second-order valence-electron chi connectivity index (χ2n) is 4.81. The average molecular weight is 289 g/mol. The molecule has 1 N–H and O–H groups in total. The fourth-order valence-corrected chi connectivity index (χ4v) is 1.95. The third kappa shape index (κ3) is 4.55. The van der Waals surface area contributed by atoms with Crippen LogP contribution in [0, 0.1) is 12.7 Å². The Morgan fingerprint density at radius 3 is 2.71 bits per heavy atom. The van der Waals surface area contributed by atoms with Crippen LogP contribution in [0.3, 0.4) is 0 Å². The molecular formula is C17H20FNO2. The predicted molar refractivity (Wildman–Crippen MR) is 81.2 cm³/mol.